The Labute approximate surface area is 164 Å². The number of hydrogen-bond donors (Lipinski definition) is 1. The average Bonchev–Trinajstić information content (AvgIpc) is 3.26. The summed E-state index contributed by atoms with van der Waals surface area (Å²) in [6.45, 7) is 6.25. The first kappa shape index (κ1) is 20.1. The second-order valence-electron chi connectivity index (χ2n) is 7.29. The average molecular weight is 385 g/mol. The number of esters is 2. The summed E-state index contributed by atoms with van der Waals surface area (Å²) in [4.78, 5) is 24.8. The van der Waals surface area contributed by atoms with E-state index in [1.165, 1.54) is 7.11 Å². The quantitative estimate of drug-likeness (QED) is 0.769. The number of carbonyl (C=O) groups is 2. The van der Waals surface area contributed by atoms with Crippen LogP contribution in [0.5, 0.6) is 5.75 Å². The molecule has 0 amide bonds. The predicted octanol–water partition coefficient (Wildman–Crippen LogP) is 3.11. The predicted molar refractivity (Wildman–Crippen MR) is 106 cm³/mol. The molecule has 3 atom stereocenters. The lowest BCUT2D eigenvalue weighted by atomic mass is 9.86. The lowest BCUT2D eigenvalue weighted by Crippen LogP contribution is -2.28. The normalized spacial score (nSPS) is 24.5. The first-order valence-electron chi connectivity index (χ1n) is 9.46. The summed E-state index contributed by atoms with van der Waals surface area (Å²) in [6.07, 6.45) is 0. The van der Waals surface area contributed by atoms with Crippen LogP contribution >= 0.6 is 0 Å². The van der Waals surface area contributed by atoms with Crippen molar-refractivity contribution in [3.63, 3.8) is 0 Å². The maximum Gasteiger partial charge on any atom is 0.327 e. The van der Waals surface area contributed by atoms with Gasteiger partial charge in [0.05, 0.1) is 20.8 Å². The van der Waals surface area contributed by atoms with Gasteiger partial charge in [-0.1, -0.05) is 32.0 Å². The molecule has 1 fully saturated rings. The van der Waals surface area contributed by atoms with Crippen LogP contribution in [0.25, 0.3) is 10.8 Å². The van der Waals surface area contributed by atoms with Crippen molar-refractivity contribution < 1.29 is 23.8 Å². The Bertz CT molecular complexity index is 915. The highest BCUT2D eigenvalue weighted by atomic mass is 16.5. The molecule has 0 spiro atoms. The minimum Gasteiger partial charge on any atom is -0.496 e. The van der Waals surface area contributed by atoms with Gasteiger partial charge in [0.25, 0.3) is 0 Å². The summed E-state index contributed by atoms with van der Waals surface area (Å²) in [6, 6.07) is 8.44. The molecule has 2 aromatic carbocycles. The Balaban J connectivity index is 2.21. The summed E-state index contributed by atoms with van der Waals surface area (Å²) >= 11 is 0. The van der Waals surface area contributed by atoms with Crippen LogP contribution in [0.2, 0.25) is 0 Å². The molecule has 0 bridgehead atoms. The van der Waals surface area contributed by atoms with Crippen LogP contribution in [0, 0.1) is 11.8 Å². The third kappa shape index (κ3) is 2.83. The van der Waals surface area contributed by atoms with E-state index in [1.54, 1.807) is 13.2 Å². The van der Waals surface area contributed by atoms with E-state index < -0.39 is 17.4 Å². The fourth-order valence-corrected chi connectivity index (χ4v) is 4.34. The molecular formula is C22H27NO5. The van der Waals surface area contributed by atoms with Crippen molar-refractivity contribution in [1.29, 1.82) is 0 Å². The maximum atomic E-state index is 13.0. The summed E-state index contributed by atoms with van der Waals surface area (Å²) in [5, 5.41) is 1.77. The largest absolute Gasteiger partial charge is 0.496 e. The number of fused-ring (bicyclic) bond motifs is 1. The minimum atomic E-state index is -0.863. The van der Waals surface area contributed by atoms with Crippen molar-refractivity contribution in [3.8, 4) is 5.75 Å². The molecule has 1 saturated carbocycles. The minimum absolute atomic E-state index is 0.128. The van der Waals surface area contributed by atoms with E-state index in [2.05, 4.69) is 13.8 Å². The van der Waals surface area contributed by atoms with Crippen molar-refractivity contribution in [1.82, 2.24) is 0 Å². The molecule has 28 heavy (non-hydrogen) atoms. The standard InChI is InChI=1S/C22H27NO5/c1-6-28-21(25)22(12(2)13(22)3)18-16-9-7-15(19(23)20(24)27-5)11-14(16)8-10-17(18)26-4/h7-13,19H,6,23H2,1-5H3/t12?,13?,19-,22?/m0/s1. The van der Waals surface area contributed by atoms with E-state index in [9.17, 15) is 9.59 Å². The molecule has 1 aliphatic carbocycles. The Morgan fingerprint density at radius 1 is 1.14 bits per heavy atom. The summed E-state index contributed by atoms with van der Waals surface area (Å²) < 4.78 is 15.8. The highest BCUT2D eigenvalue weighted by Gasteiger charge is 2.68. The second kappa shape index (κ2) is 7.43. The molecule has 0 aromatic heterocycles. The van der Waals surface area contributed by atoms with Gasteiger partial charge in [-0.3, -0.25) is 9.59 Å². The highest BCUT2D eigenvalue weighted by Crippen LogP contribution is 2.63. The molecule has 6 heteroatoms. The smallest absolute Gasteiger partial charge is 0.327 e. The van der Waals surface area contributed by atoms with Gasteiger partial charge in [0.1, 0.15) is 17.2 Å². The van der Waals surface area contributed by atoms with Gasteiger partial charge >= 0.3 is 11.9 Å². The topological polar surface area (TPSA) is 87.9 Å². The van der Waals surface area contributed by atoms with Crippen LogP contribution < -0.4 is 10.5 Å². The van der Waals surface area contributed by atoms with Gasteiger partial charge in [-0.2, -0.15) is 0 Å². The molecule has 150 valence electrons. The molecule has 6 nitrogen and oxygen atoms in total. The number of rotatable bonds is 6. The van der Waals surface area contributed by atoms with Crippen molar-refractivity contribution in [3.05, 3.63) is 41.5 Å². The number of nitrogens with two attached hydrogens (primary N) is 1. The molecule has 0 heterocycles. The van der Waals surface area contributed by atoms with E-state index in [0.29, 0.717) is 17.9 Å². The Morgan fingerprint density at radius 3 is 2.36 bits per heavy atom. The molecular weight excluding hydrogens is 358 g/mol. The summed E-state index contributed by atoms with van der Waals surface area (Å²) in [7, 11) is 2.91. The van der Waals surface area contributed by atoms with Gasteiger partial charge in [-0.05, 0) is 47.2 Å². The molecule has 2 N–H and O–H groups in total. The van der Waals surface area contributed by atoms with Gasteiger partial charge in [0.15, 0.2) is 0 Å². The number of ether oxygens (including phenoxy) is 3. The number of methoxy groups -OCH3 is 2. The van der Waals surface area contributed by atoms with Crippen LogP contribution in [0.1, 0.15) is 37.9 Å². The van der Waals surface area contributed by atoms with Crippen LogP contribution in [0.15, 0.2) is 30.3 Å². The van der Waals surface area contributed by atoms with Crippen LogP contribution in [-0.4, -0.2) is 32.8 Å². The molecule has 0 saturated heterocycles. The molecule has 3 rings (SSSR count). The Hall–Kier alpha value is -2.60. The van der Waals surface area contributed by atoms with Gasteiger partial charge < -0.3 is 19.9 Å². The van der Waals surface area contributed by atoms with Gasteiger partial charge in [-0.15, -0.1) is 0 Å². The van der Waals surface area contributed by atoms with Crippen molar-refractivity contribution in [2.24, 2.45) is 17.6 Å². The van der Waals surface area contributed by atoms with E-state index in [-0.39, 0.29) is 17.8 Å². The highest BCUT2D eigenvalue weighted by molar-refractivity contribution is 5.99. The van der Waals surface area contributed by atoms with Gasteiger partial charge in [0, 0.05) is 5.56 Å². The zero-order valence-electron chi connectivity index (χ0n) is 16.9. The molecule has 2 aromatic rings. The first-order valence-corrected chi connectivity index (χ1v) is 9.46. The number of hydrogen-bond acceptors (Lipinski definition) is 6. The van der Waals surface area contributed by atoms with E-state index in [1.807, 2.05) is 31.2 Å². The fraction of sp³-hybridized carbons (Fsp3) is 0.455. The number of carbonyl (C=O) groups excluding carboxylic acids is 2. The second-order valence-corrected chi connectivity index (χ2v) is 7.29. The third-order valence-corrected chi connectivity index (χ3v) is 6.14. The van der Waals surface area contributed by atoms with Crippen LogP contribution in [-0.2, 0) is 24.5 Å². The van der Waals surface area contributed by atoms with Crippen molar-refractivity contribution >= 4 is 22.7 Å². The van der Waals surface area contributed by atoms with E-state index in [4.69, 9.17) is 19.9 Å². The van der Waals surface area contributed by atoms with Crippen molar-refractivity contribution in [2.45, 2.75) is 32.2 Å². The molecule has 2 unspecified atom stereocenters. The van der Waals surface area contributed by atoms with Gasteiger partial charge in [-0.25, -0.2) is 0 Å². The molecule has 1 aliphatic rings. The van der Waals surface area contributed by atoms with Gasteiger partial charge in [0.2, 0.25) is 0 Å². The Morgan fingerprint density at radius 2 is 1.82 bits per heavy atom. The SMILES string of the molecule is CCOC(=O)C1(c2c(OC)ccc3cc([C@H](N)C(=O)OC)ccc23)C(C)C1C. The van der Waals surface area contributed by atoms with Crippen LogP contribution in [0.3, 0.4) is 0 Å². The fourth-order valence-electron chi connectivity index (χ4n) is 4.34. The zero-order valence-corrected chi connectivity index (χ0v) is 16.9. The first-order chi connectivity index (χ1) is 13.3. The van der Waals surface area contributed by atoms with E-state index in [0.717, 1.165) is 16.3 Å². The maximum absolute atomic E-state index is 13.0. The summed E-state index contributed by atoms with van der Waals surface area (Å²) in [5.74, 6) is 0.185. The molecule has 0 aliphatic heterocycles. The summed E-state index contributed by atoms with van der Waals surface area (Å²) in [5.41, 5.74) is 6.74. The number of benzene rings is 2. The van der Waals surface area contributed by atoms with Crippen LogP contribution in [0.4, 0.5) is 0 Å². The lowest BCUT2D eigenvalue weighted by molar-refractivity contribution is -0.147. The Kier molecular flexibility index (Phi) is 5.35. The monoisotopic (exact) mass is 385 g/mol. The third-order valence-electron chi connectivity index (χ3n) is 6.14. The zero-order chi connectivity index (χ0) is 20.6. The molecule has 0 radical (unpaired) electrons. The van der Waals surface area contributed by atoms with E-state index >= 15 is 0 Å². The lowest BCUT2D eigenvalue weighted by Gasteiger charge is -2.22. The van der Waals surface area contributed by atoms with Crippen molar-refractivity contribution in [2.75, 3.05) is 20.8 Å².